The van der Waals surface area contributed by atoms with E-state index in [4.69, 9.17) is 9.94 Å². The number of hydrogen-bond donors (Lipinski definition) is 1. The van der Waals surface area contributed by atoms with Gasteiger partial charge in [-0.2, -0.15) is 0 Å². The van der Waals surface area contributed by atoms with E-state index < -0.39 is 12.1 Å². The van der Waals surface area contributed by atoms with E-state index in [0.717, 1.165) is 11.1 Å². The molecular weight excluding hydrogens is 376 g/mol. The summed E-state index contributed by atoms with van der Waals surface area (Å²) in [6.45, 7) is 0. The van der Waals surface area contributed by atoms with E-state index in [1.807, 2.05) is 60.7 Å². The highest BCUT2D eigenvalue weighted by Gasteiger charge is 2.46. The van der Waals surface area contributed by atoms with Gasteiger partial charge in [-0.3, -0.25) is 9.69 Å². The average molecular weight is 394 g/mol. The molecule has 1 saturated heterocycles. The summed E-state index contributed by atoms with van der Waals surface area (Å²) in [6, 6.07) is 18.9. The van der Waals surface area contributed by atoms with Crippen LogP contribution in [0.3, 0.4) is 0 Å². The zero-order valence-corrected chi connectivity index (χ0v) is 15.7. The fourth-order valence-corrected chi connectivity index (χ4v) is 4.56. The number of fused-ring (bicyclic) bond motifs is 1. The summed E-state index contributed by atoms with van der Waals surface area (Å²) < 4.78 is 5.90. The molecule has 1 fully saturated rings. The van der Waals surface area contributed by atoms with Crippen LogP contribution in [0.2, 0.25) is 0 Å². The van der Waals surface area contributed by atoms with E-state index in [1.165, 1.54) is 22.9 Å². The lowest BCUT2D eigenvalue weighted by Gasteiger charge is -2.44. The Hall–Kier alpha value is -3.06. The summed E-state index contributed by atoms with van der Waals surface area (Å²) >= 11 is 1.53. The van der Waals surface area contributed by atoms with Crippen molar-refractivity contribution in [3.05, 3.63) is 83.1 Å². The van der Waals surface area contributed by atoms with Crippen molar-refractivity contribution >= 4 is 29.9 Å². The highest BCUT2D eigenvalue weighted by molar-refractivity contribution is 8.00. The Kier molecular flexibility index (Phi) is 5.16. The van der Waals surface area contributed by atoms with Gasteiger partial charge in [-0.05, 0) is 11.1 Å². The molecule has 0 bridgehead atoms. The van der Waals surface area contributed by atoms with Crippen molar-refractivity contribution in [2.45, 2.75) is 17.9 Å². The lowest BCUT2D eigenvalue weighted by Crippen LogP contribution is -2.54. The minimum atomic E-state index is -0.612. The molecule has 7 heteroatoms. The molecule has 2 heterocycles. The Morgan fingerprint density at radius 3 is 2.29 bits per heavy atom. The second-order valence-corrected chi connectivity index (χ2v) is 7.62. The predicted octanol–water partition coefficient (Wildman–Crippen LogP) is 3.34. The van der Waals surface area contributed by atoms with E-state index in [9.17, 15) is 9.59 Å². The SMILES string of the molecule is O=C(OC(c1ccccc1)c1ccccc1)C1=C(C=NO)CS[C@H]2CC(=O)N12. The normalized spacial score (nSPS) is 19.0. The van der Waals surface area contributed by atoms with Crippen molar-refractivity contribution in [3.8, 4) is 0 Å². The summed E-state index contributed by atoms with van der Waals surface area (Å²) in [5.41, 5.74) is 2.30. The average Bonchev–Trinajstić information content (AvgIpc) is 2.73. The first-order valence-electron chi connectivity index (χ1n) is 8.84. The largest absolute Gasteiger partial charge is 0.448 e. The van der Waals surface area contributed by atoms with Gasteiger partial charge in [0.05, 0.1) is 18.0 Å². The smallest absolute Gasteiger partial charge is 0.356 e. The summed E-state index contributed by atoms with van der Waals surface area (Å²) in [6.07, 6.45) is 0.983. The van der Waals surface area contributed by atoms with Crippen LogP contribution in [0.15, 0.2) is 77.1 Å². The van der Waals surface area contributed by atoms with Crippen molar-refractivity contribution in [3.63, 3.8) is 0 Å². The summed E-state index contributed by atoms with van der Waals surface area (Å²) in [5, 5.41) is 11.9. The first-order valence-corrected chi connectivity index (χ1v) is 9.89. The first-order chi connectivity index (χ1) is 13.7. The Balaban J connectivity index is 1.70. The van der Waals surface area contributed by atoms with E-state index in [1.54, 1.807) is 0 Å². The van der Waals surface area contributed by atoms with Crippen LogP contribution in [-0.2, 0) is 14.3 Å². The Morgan fingerprint density at radius 1 is 1.14 bits per heavy atom. The number of benzene rings is 2. The number of carbonyl (C=O) groups excluding carboxylic acids is 2. The van der Waals surface area contributed by atoms with Gasteiger partial charge >= 0.3 is 5.97 Å². The van der Waals surface area contributed by atoms with Gasteiger partial charge < -0.3 is 9.94 Å². The van der Waals surface area contributed by atoms with Crippen LogP contribution in [0.1, 0.15) is 23.7 Å². The zero-order chi connectivity index (χ0) is 19.5. The van der Waals surface area contributed by atoms with Crippen LogP contribution >= 0.6 is 11.8 Å². The maximum atomic E-state index is 13.1. The van der Waals surface area contributed by atoms with Crippen LogP contribution in [-0.4, -0.2) is 39.3 Å². The number of ether oxygens (including phenoxy) is 1. The van der Waals surface area contributed by atoms with Gasteiger partial charge in [0, 0.05) is 11.3 Å². The number of rotatable bonds is 5. The molecule has 142 valence electrons. The van der Waals surface area contributed by atoms with Crippen molar-refractivity contribution in [1.82, 2.24) is 4.90 Å². The molecule has 0 saturated carbocycles. The zero-order valence-electron chi connectivity index (χ0n) is 14.9. The van der Waals surface area contributed by atoms with Gasteiger partial charge in [0.15, 0.2) is 6.10 Å². The molecule has 0 unspecified atom stereocenters. The fraction of sp³-hybridized carbons (Fsp3) is 0.190. The lowest BCUT2D eigenvalue weighted by molar-refractivity contribution is -0.151. The summed E-state index contributed by atoms with van der Waals surface area (Å²) in [7, 11) is 0. The van der Waals surface area contributed by atoms with Crippen LogP contribution in [0.5, 0.6) is 0 Å². The Morgan fingerprint density at radius 2 is 1.75 bits per heavy atom. The maximum Gasteiger partial charge on any atom is 0.356 e. The fourth-order valence-electron chi connectivity index (χ4n) is 3.34. The van der Waals surface area contributed by atoms with E-state index >= 15 is 0 Å². The number of thioether (sulfide) groups is 1. The van der Waals surface area contributed by atoms with Gasteiger partial charge in [0.1, 0.15) is 5.70 Å². The van der Waals surface area contributed by atoms with Crippen molar-refractivity contribution < 1.29 is 19.5 Å². The molecule has 2 aliphatic heterocycles. The number of esters is 1. The second kappa shape index (κ2) is 7.90. The number of oxime groups is 1. The molecule has 4 rings (SSSR count). The molecule has 1 atom stereocenters. The topological polar surface area (TPSA) is 79.2 Å². The van der Waals surface area contributed by atoms with Gasteiger partial charge in [0.25, 0.3) is 0 Å². The molecule has 0 aliphatic carbocycles. The number of carbonyl (C=O) groups is 2. The van der Waals surface area contributed by atoms with E-state index in [0.29, 0.717) is 17.7 Å². The van der Waals surface area contributed by atoms with Gasteiger partial charge in [-0.15, -0.1) is 11.8 Å². The van der Waals surface area contributed by atoms with Crippen LogP contribution in [0, 0.1) is 0 Å². The van der Waals surface area contributed by atoms with Gasteiger partial charge in [0.2, 0.25) is 5.91 Å². The van der Waals surface area contributed by atoms with Gasteiger partial charge in [-0.25, -0.2) is 4.79 Å². The Labute approximate surface area is 166 Å². The molecule has 28 heavy (non-hydrogen) atoms. The molecule has 0 aromatic heterocycles. The van der Waals surface area contributed by atoms with Gasteiger partial charge in [-0.1, -0.05) is 65.8 Å². The summed E-state index contributed by atoms with van der Waals surface area (Å²) in [5.74, 6) is -0.264. The molecule has 1 N–H and O–H groups in total. The minimum Gasteiger partial charge on any atom is -0.448 e. The van der Waals surface area contributed by atoms with Crippen LogP contribution in [0.25, 0.3) is 0 Å². The quantitative estimate of drug-likeness (QED) is 0.277. The highest BCUT2D eigenvalue weighted by atomic mass is 32.2. The maximum absolute atomic E-state index is 13.1. The monoisotopic (exact) mass is 394 g/mol. The van der Waals surface area contributed by atoms with Crippen LogP contribution in [0.4, 0.5) is 0 Å². The second-order valence-electron chi connectivity index (χ2n) is 6.46. The molecule has 2 aromatic carbocycles. The molecule has 2 aromatic rings. The van der Waals surface area contributed by atoms with Crippen LogP contribution < -0.4 is 0 Å². The van der Waals surface area contributed by atoms with Crippen molar-refractivity contribution in [1.29, 1.82) is 0 Å². The predicted molar refractivity (Wildman–Crippen MR) is 106 cm³/mol. The summed E-state index contributed by atoms with van der Waals surface area (Å²) in [4.78, 5) is 26.7. The highest BCUT2D eigenvalue weighted by Crippen LogP contribution is 2.40. The standard InChI is InChI=1S/C21H18N2O4S/c24-17-11-18-23(17)19(16(12-22-26)13-28-18)21(25)27-20(14-7-3-1-4-8-14)15-9-5-2-6-10-15/h1-10,12,18,20,26H,11,13H2/t18-/m0/s1. The molecular formula is C21H18N2O4S. The molecule has 6 nitrogen and oxygen atoms in total. The molecule has 0 spiro atoms. The Bertz CT molecular complexity index is 904. The first kappa shape index (κ1) is 18.3. The van der Waals surface area contributed by atoms with Crippen molar-refractivity contribution in [2.75, 3.05) is 5.75 Å². The number of nitrogens with zero attached hydrogens (tertiary/aromatic N) is 2. The third-order valence-electron chi connectivity index (χ3n) is 4.72. The van der Waals surface area contributed by atoms with Crippen molar-refractivity contribution in [2.24, 2.45) is 5.16 Å². The van der Waals surface area contributed by atoms with E-state index in [-0.39, 0.29) is 17.0 Å². The lowest BCUT2D eigenvalue weighted by atomic mass is 10.0. The third-order valence-corrected chi connectivity index (χ3v) is 5.96. The molecule has 1 amide bonds. The minimum absolute atomic E-state index is 0.0715. The molecule has 0 radical (unpaired) electrons. The van der Waals surface area contributed by atoms with E-state index in [2.05, 4.69) is 5.16 Å². The third kappa shape index (κ3) is 3.41. The number of amides is 1. The number of β-lactam (4-membered cyclic amide) rings is 1. The number of hydrogen-bond acceptors (Lipinski definition) is 6. The molecule has 2 aliphatic rings.